The fraction of sp³-hybridized carbons (Fsp3) is 0.889. The largest absolute Gasteiger partial charge is 0.355 e. The fourth-order valence-electron chi connectivity index (χ4n) is 0.955. The van der Waals surface area contributed by atoms with Crippen molar-refractivity contribution in [2.75, 3.05) is 25.1 Å². The molecule has 0 spiro atoms. The molecule has 0 aromatic rings. The third kappa shape index (κ3) is 6.90. The van der Waals surface area contributed by atoms with Crippen molar-refractivity contribution in [3.8, 4) is 0 Å². The van der Waals surface area contributed by atoms with Gasteiger partial charge in [-0.25, -0.2) is 0 Å². The number of carbonyl (C=O) groups excluding carboxylic acids is 1. The molecule has 78 valence electrons. The third-order valence-electron chi connectivity index (χ3n) is 1.72. The highest BCUT2D eigenvalue weighted by atomic mass is 32.2. The topological polar surface area (TPSA) is 41.1 Å². The molecule has 1 amide bonds. The highest BCUT2D eigenvalue weighted by molar-refractivity contribution is 7.98. The molecule has 1 atom stereocenters. The first-order valence-electron chi connectivity index (χ1n) is 4.72. The van der Waals surface area contributed by atoms with Gasteiger partial charge in [0.2, 0.25) is 5.91 Å². The molecule has 0 aliphatic heterocycles. The molecule has 0 bridgehead atoms. The van der Waals surface area contributed by atoms with E-state index in [2.05, 4.69) is 16.9 Å². The Balaban J connectivity index is 3.38. The van der Waals surface area contributed by atoms with Gasteiger partial charge in [-0.2, -0.15) is 11.8 Å². The van der Waals surface area contributed by atoms with Crippen LogP contribution >= 0.6 is 11.8 Å². The molecule has 0 saturated heterocycles. The van der Waals surface area contributed by atoms with Crippen LogP contribution in [-0.4, -0.2) is 37.0 Å². The smallest absolute Gasteiger partial charge is 0.236 e. The number of carbonyl (C=O) groups is 1. The zero-order valence-corrected chi connectivity index (χ0v) is 9.54. The minimum atomic E-state index is -0.0678. The van der Waals surface area contributed by atoms with Gasteiger partial charge in [0.15, 0.2) is 0 Å². The van der Waals surface area contributed by atoms with Crippen molar-refractivity contribution in [2.45, 2.75) is 26.3 Å². The zero-order chi connectivity index (χ0) is 10.1. The predicted molar refractivity (Wildman–Crippen MR) is 59.1 cm³/mol. The van der Waals surface area contributed by atoms with Crippen molar-refractivity contribution in [3.05, 3.63) is 0 Å². The molecule has 0 aromatic heterocycles. The second-order valence-corrected chi connectivity index (χ2v) is 3.90. The van der Waals surface area contributed by atoms with E-state index in [9.17, 15) is 4.79 Å². The number of likely N-dealkylation sites (N-methyl/N-ethyl adjacent to an activating group) is 1. The Morgan fingerprint density at radius 2 is 2.23 bits per heavy atom. The molecular weight excluding hydrogens is 184 g/mol. The highest BCUT2D eigenvalue weighted by Gasteiger charge is 2.09. The zero-order valence-electron chi connectivity index (χ0n) is 8.72. The number of hydrogen-bond acceptors (Lipinski definition) is 3. The number of hydrogen-bond donors (Lipinski definition) is 2. The number of nitrogens with one attached hydrogen (secondary N) is 2. The van der Waals surface area contributed by atoms with E-state index in [0.717, 1.165) is 18.7 Å². The summed E-state index contributed by atoms with van der Waals surface area (Å²) in [6, 6.07) is -0.0678. The average Bonchev–Trinajstić information content (AvgIpc) is 2.12. The molecule has 0 aromatic carbocycles. The van der Waals surface area contributed by atoms with Gasteiger partial charge in [0, 0.05) is 6.54 Å². The summed E-state index contributed by atoms with van der Waals surface area (Å²) in [5, 5.41) is 5.96. The fourth-order valence-corrected chi connectivity index (χ4v) is 1.39. The van der Waals surface area contributed by atoms with E-state index in [1.807, 2.05) is 25.6 Å². The lowest BCUT2D eigenvalue weighted by atomic mass is 10.3. The van der Waals surface area contributed by atoms with Crippen molar-refractivity contribution in [1.82, 2.24) is 10.6 Å². The summed E-state index contributed by atoms with van der Waals surface area (Å²) in [4.78, 5) is 11.2. The Hall–Kier alpha value is -0.220. The van der Waals surface area contributed by atoms with Crippen LogP contribution < -0.4 is 10.6 Å². The van der Waals surface area contributed by atoms with Gasteiger partial charge in [-0.1, -0.05) is 0 Å². The van der Waals surface area contributed by atoms with Crippen molar-refractivity contribution in [2.24, 2.45) is 0 Å². The summed E-state index contributed by atoms with van der Waals surface area (Å²) in [7, 11) is 0. The number of rotatable bonds is 7. The van der Waals surface area contributed by atoms with E-state index in [1.165, 1.54) is 0 Å². The first kappa shape index (κ1) is 12.8. The van der Waals surface area contributed by atoms with Crippen LogP contribution in [0.25, 0.3) is 0 Å². The Morgan fingerprint density at radius 1 is 1.54 bits per heavy atom. The number of thioether (sulfide) groups is 1. The maximum atomic E-state index is 11.2. The van der Waals surface area contributed by atoms with Gasteiger partial charge in [-0.3, -0.25) is 4.79 Å². The maximum Gasteiger partial charge on any atom is 0.236 e. The second-order valence-electron chi connectivity index (χ2n) is 2.92. The van der Waals surface area contributed by atoms with Gasteiger partial charge in [0.1, 0.15) is 0 Å². The molecule has 0 aliphatic rings. The molecule has 0 saturated carbocycles. The first-order chi connectivity index (χ1) is 6.22. The molecule has 3 nitrogen and oxygen atoms in total. The SMILES string of the molecule is CCNC(=O)C(C)NCCCSC. The summed E-state index contributed by atoms with van der Waals surface area (Å²) >= 11 is 1.83. The van der Waals surface area contributed by atoms with Crippen LogP contribution in [0.5, 0.6) is 0 Å². The van der Waals surface area contributed by atoms with Gasteiger partial charge in [0.05, 0.1) is 6.04 Å². The van der Waals surface area contributed by atoms with Gasteiger partial charge in [0.25, 0.3) is 0 Å². The normalized spacial score (nSPS) is 12.5. The van der Waals surface area contributed by atoms with Crippen molar-refractivity contribution < 1.29 is 4.79 Å². The summed E-state index contributed by atoms with van der Waals surface area (Å²) < 4.78 is 0. The van der Waals surface area contributed by atoms with Gasteiger partial charge >= 0.3 is 0 Å². The molecule has 0 rings (SSSR count). The molecule has 0 aliphatic carbocycles. The Labute approximate surface area is 85.0 Å². The summed E-state index contributed by atoms with van der Waals surface area (Å²) in [5.41, 5.74) is 0. The minimum absolute atomic E-state index is 0.0678. The first-order valence-corrected chi connectivity index (χ1v) is 6.11. The highest BCUT2D eigenvalue weighted by Crippen LogP contribution is 1.94. The van der Waals surface area contributed by atoms with Crippen molar-refractivity contribution in [1.29, 1.82) is 0 Å². The summed E-state index contributed by atoms with van der Waals surface area (Å²) in [5.74, 6) is 1.24. The quantitative estimate of drug-likeness (QED) is 0.604. The van der Waals surface area contributed by atoms with Crippen LogP contribution in [-0.2, 0) is 4.79 Å². The van der Waals surface area contributed by atoms with E-state index in [1.54, 1.807) is 0 Å². The van der Waals surface area contributed by atoms with E-state index >= 15 is 0 Å². The Morgan fingerprint density at radius 3 is 2.77 bits per heavy atom. The monoisotopic (exact) mass is 204 g/mol. The van der Waals surface area contributed by atoms with Crippen LogP contribution in [0, 0.1) is 0 Å². The number of amides is 1. The van der Waals surface area contributed by atoms with E-state index in [4.69, 9.17) is 0 Å². The second kappa shape index (κ2) is 8.38. The molecule has 4 heteroatoms. The maximum absolute atomic E-state index is 11.2. The van der Waals surface area contributed by atoms with Crippen LogP contribution in [0.3, 0.4) is 0 Å². The predicted octanol–water partition coefficient (Wildman–Crippen LogP) is 0.854. The van der Waals surface area contributed by atoms with Crippen LogP contribution in [0.15, 0.2) is 0 Å². The molecule has 0 radical (unpaired) electrons. The molecule has 1 unspecified atom stereocenters. The molecule has 2 N–H and O–H groups in total. The van der Waals surface area contributed by atoms with E-state index in [0.29, 0.717) is 6.54 Å². The van der Waals surface area contributed by atoms with Crippen molar-refractivity contribution >= 4 is 17.7 Å². The average molecular weight is 204 g/mol. The third-order valence-corrected chi connectivity index (χ3v) is 2.42. The lowest BCUT2D eigenvalue weighted by Crippen LogP contribution is -2.42. The lowest BCUT2D eigenvalue weighted by Gasteiger charge is -2.12. The molecule has 0 heterocycles. The van der Waals surface area contributed by atoms with Crippen LogP contribution in [0.4, 0.5) is 0 Å². The minimum Gasteiger partial charge on any atom is -0.355 e. The van der Waals surface area contributed by atoms with Gasteiger partial charge < -0.3 is 10.6 Å². The Kier molecular flexibility index (Phi) is 8.24. The Bertz CT molecular complexity index is 142. The summed E-state index contributed by atoms with van der Waals surface area (Å²) in [6.45, 7) is 5.44. The molecular formula is C9H20N2OS. The van der Waals surface area contributed by atoms with Crippen LogP contribution in [0.1, 0.15) is 20.3 Å². The standard InChI is InChI=1S/C9H20N2OS/c1-4-10-9(12)8(2)11-6-5-7-13-3/h8,11H,4-7H2,1-3H3,(H,10,12). The van der Waals surface area contributed by atoms with E-state index < -0.39 is 0 Å². The van der Waals surface area contributed by atoms with Gasteiger partial charge in [-0.05, 0) is 38.8 Å². The van der Waals surface area contributed by atoms with Crippen LogP contribution in [0.2, 0.25) is 0 Å². The van der Waals surface area contributed by atoms with E-state index in [-0.39, 0.29) is 11.9 Å². The molecule has 13 heavy (non-hydrogen) atoms. The lowest BCUT2D eigenvalue weighted by molar-refractivity contribution is -0.122. The van der Waals surface area contributed by atoms with Crippen molar-refractivity contribution in [3.63, 3.8) is 0 Å². The molecule has 0 fully saturated rings. The summed E-state index contributed by atoms with van der Waals surface area (Å²) in [6.07, 6.45) is 3.21. The van der Waals surface area contributed by atoms with Gasteiger partial charge in [-0.15, -0.1) is 0 Å².